The van der Waals surface area contributed by atoms with E-state index < -0.39 is 0 Å². The minimum atomic E-state index is -0.339. The zero-order valence-electron chi connectivity index (χ0n) is 13.8. The van der Waals surface area contributed by atoms with Gasteiger partial charge in [0.05, 0.1) is 18.0 Å². The minimum absolute atomic E-state index is 0.158. The van der Waals surface area contributed by atoms with Crippen LogP contribution in [0.2, 0.25) is 5.02 Å². The van der Waals surface area contributed by atoms with E-state index in [0.717, 1.165) is 9.47 Å². The van der Waals surface area contributed by atoms with Gasteiger partial charge in [-0.2, -0.15) is 0 Å². The van der Waals surface area contributed by atoms with Gasteiger partial charge in [-0.05, 0) is 39.0 Å². The number of methoxy groups -OCH3 is 1. The van der Waals surface area contributed by atoms with E-state index in [4.69, 9.17) is 16.3 Å². The van der Waals surface area contributed by atoms with E-state index in [0.29, 0.717) is 16.5 Å². The fourth-order valence-corrected chi connectivity index (χ4v) is 3.99. The van der Waals surface area contributed by atoms with Crippen molar-refractivity contribution in [3.8, 4) is 5.75 Å². The molecular weight excluding hydrogens is 368 g/mol. The van der Waals surface area contributed by atoms with Gasteiger partial charge in [-0.25, -0.2) is 0 Å². The molecule has 1 aromatic heterocycles. The molecule has 0 unspecified atom stereocenters. The molecule has 0 bridgehead atoms. The molecule has 130 valence electrons. The predicted octanol–water partition coefficient (Wildman–Crippen LogP) is 4.14. The average Bonchev–Trinajstić information content (AvgIpc) is 2.93. The quantitative estimate of drug-likeness (QED) is 0.696. The van der Waals surface area contributed by atoms with E-state index in [2.05, 4.69) is 20.8 Å². The molecule has 0 saturated heterocycles. The van der Waals surface area contributed by atoms with Crippen molar-refractivity contribution in [3.63, 3.8) is 0 Å². The van der Waals surface area contributed by atoms with Crippen molar-refractivity contribution in [1.82, 2.24) is 10.2 Å². The van der Waals surface area contributed by atoms with Crippen molar-refractivity contribution in [2.24, 2.45) is 0 Å². The molecule has 0 saturated carbocycles. The van der Waals surface area contributed by atoms with Gasteiger partial charge in [0.1, 0.15) is 5.75 Å². The van der Waals surface area contributed by atoms with Crippen molar-refractivity contribution in [2.45, 2.75) is 36.4 Å². The summed E-state index contributed by atoms with van der Waals surface area (Å²) < 4.78 is 5.97. The summed E-state index contributed by atoms with van der Waals surface area (Å²) in [6.45, 7) is 5.87. The van der Waals surface area contributed by atoms with E-state index >= 15 is 0 Å². The first-order chi connectivity index (χ1) is 11.4. The van der Waals surface area contributed by atoms with Crippen molar-refractivity contribution >= 4 is 51.4 Å². The third-order valence-corrected chi connectivity index (χ3v) is 5.16. The molecule has 6 nitrogen and oxygen atoms in total. The Morgan fingerprint density at radius 3 is 2.75 bits per heavy atom. The first-order valence-corrected chi connectivity index (χ1v) is 9.37. The van der Waals surface area contributed by atoms with Gasteiger partial charge < -0.3 is 15.4 Å². The number of nitrogens with one attached hydrogen (secondary N) is 2. The topological polar surface area (TPSA) is 76.1 Å². The Morgan fingerprint density at radius 2 is 2.08 bits per heavy atom. The molecule has 0 spiro atoms. The standard InChI is InChI=1S/C15H19ClN4O2S2/c1-8(2)17-14-19-20-15(24-14)23-9(3)13(21)18-11-7-10(16)5-6-12(11)22-4/h5-9H,1-4H3,(H,17,19)(H,18,21)/t9-/m0/s1. The van der Waals surface area contributed by atoms with E-state index in [-0.39, 0.29) is 17.2 Å². The van der Waals surface area contributed by atoms with Gasteiger partial charge in [-0.3, -0.25) is 4.79 Å². The van der Waals surface area contributed by atoms with Gasteiger partial charge in [0.25, 0.3) is 0 Å². The van der Waals surface area contributed by atoms with E-state index in [9.17, 15) is 4.79 Å². The monoisotopic (exact) mass is 386 g/mol. The summed E-state index contributed by atoms with van der Waals surface area (Å²) in [5.74, 6) is 0.401. The lowest BCUT2D eigenvalue weighted by Gasteiger charge is -2.13. The van der Waals surface area contributed by atoms with Crippen LogP contribution in [0.5, 0.6) is 5.75 Å². The lowest BCUT2D eigenvalue weighted by atomic mass is 10.3. The maximum absolute atomic E-state index is 12.4. The predicted molar refractivity (Wildman–Crippen MR) is 101 cm³/mol. The van der Waals surface area contributed by atoms with Gasteiger partial charge >= 0.3 is 0 Å². The first-order valence-electron chi connectivity index (χ1n) is 7.30. The van der Waals surface area contributed by atoms with Crippen molar-refractivity contribution in [2.75, 3.05) is 17.7 Å². The second kappa shape index (κ2) is 8.55. The number of thioether (sulfide) groups is 1. The Morgan fingerprint density at radius 1 is 1.33 bits per heavy atom. The Labute approximate surface area is 154 Å². The van der Waals surface area contributed by atoms with Gasteiger partial charge in [-0.1, -0.05) is 34.7 Å². The van der Waals surface area contributed by atoms with Gasteiger partial charge in [-0.15, -0.1) is 10.2 Å². The highest BCUT2D eigenvalue weighted by Gasteiger charge is 2.19. The van der Waals surface area contributed by atoms with Crippen molar-refractivity contribution < 1.29 is 9.53 Å². The lowest BCUT2D eigenvalue weighted by Crippen LogP contribution is -2.22. The van der Waals surface area contributed by atoms with Gasteiger partial charge in [0.15, 0.2) is 4.34 Å². The summed E-state index contributed by atoms with van der Waals surface area (Å²) in [7, 11) is 1.54. The lowest BCUT2D eigenvalue weighted by molar-refractivity contribution is -0.115. The molecule has 0 fully saturated rings. The highest BCUT2D eigenvalue weighted by Crippen LogP contribution is 2.31. The molecule has 0 aliphatic heterocycles. The summed E-state index contributed by atoms with van der Waals surface area (Å²) in [5, 5.41) is 15.1. The molecule has 1 aromatic carbocycles. The Bertz CT molecular complexity index is 709. The summed E-state index contributed by atoms with van der Waals surface area (Å²) in [4.78, 5) is 12.4. The SMILES string of the molecule is COc1ccc(Cl)cc1NC(=O)[C@H](C)Sc1nnc(NC(C)C)s1. The van der Waals surface area contributed by atoms with Crippen molar-refractivity contribution in [1.29, 1.82) is 0 Å². The Hall–Kier alpha value is -1.51. The first kappa shape index (κ1) is 18.8. The second-order valence-electron chi connectivity index (χ2n) is 5.27. The Balaban J connectivity index is 1.99. The number of halogens is 1. The fourth-order valence-electron chi connectivity index (χ4n) is 1.78. The third kappa shape index (κ3) is 5.25. The summed E-state index contributed by atoms with van der Waals surface area (Å²) in [5.41, 5.74) is 0.543. The summed E-state index contributed by atoms with van der Waals surface area (Å²) in [6.07, 6.45) is 0. The van der Waals surface area contributed by atoms with E-state index in [1.54, 1.807) is 25.3 Å². The Kier molecular flexibility index (Phi) is 6.70. The van der Waals surface area contributed by atoms with E-state index in [1.165, 1.54) is 23.1 Å². The highest BCUT2D eigenvalue weighted by atomic mass is 35.5. The number of hydrogen-bond donors (Lipinski definition) is 2. The molecule has 9 heteroatoms. The number of hydrogen-bond acceptors (Lipinski definition) is 7. The molecule has 0 radical (unpaired) electrons. The number of anilines is 2. The number of ether oxygens (including phenoxy) is 1. The van der Waals surface area contributed by atoms with Crippen LogP contribution in [0.15, 0.2) is 22.5 Å². The second-order valence-corrected chi connectivity index (χ2v) is 8.27. The fraction of sp³-hybridized carbons (Fsp3) is 0.400. The zero-order valence-corrected chi connectivity index (χ0v) is 16.2. The van der Waals surface area contributed by atoms with Crippen LogP contribution in [0.4, 0.5) is 10.8 Å². The number of rotatable bonds is 7. The van der Waals surface area contributed by atoms with E-state index in [1.807, 2.05) is 20.8 Å². The molecule has 0 aliphatic carbocycles. The molecule has 2 aromatic rings. The van der Waals surface area contributed by atoms with Gasteiger partial charge in [0.2, 0.25) is 11.0 Å². The van der Waals surface area contributed by atoms with Crippen LogP contribution < -0.4 is 15.4 Å². The number of nitrogens with zero attached hydrogens (tertiary/aromatic N) is 2. The normalized spacial score (nSPS) is 12.1. The zero-order chi connectivity index (χ0) is 17.7. The van der Waals surface area contributed by atoms with Gasteiger partial charge in [0, 0.05) is 11.1 Å². The maximum Gasteiger partial charge on any atom is 0.237 e. The maximum atomic E-state index is 12.4. The highest BCUT2D eigenvalue weighted by molar-refractivity contribution is 8.02. The molecule has 2 N–H and O–H groups in total. The molecule has 1 atom stereocenters. The van der Waals surface area contributed by atoms with Crippen LogP contribution in [0.3, 0.4) is 0 Å². The number of carbonyl (C=O) groups is 1. The number of aromatic nitrogens is 2. The van der Waals surface area contributed by atoms with Crippen LogP contribution in [0.1, 0.15) is 20.8 Å². The van der Waals surface area contributed by atoms with Crippen LogP contribution in [0, 0.1) is 0 Å². The smallest absolute Gasteiger partial charge is 0.237 e. The summed E-state index contributed by atoms with van der Waals surface area (Å²) in [6, 6.07) is 5.36. The molecule has 1 amide bonds. The number of benzene rings is 1. The minimum Gasteiger partial charge on any atom is -0.495 e. The molecule has 0 aliphatic rings. The molecule has 2 rings (SSSR count). The molecule has 1 heterocycles. The largest absolute Gasteiger partial charge is 0.495 e. The average molecular weight is 387 g/mol. The number of carbonyl (C=O) groups excluding carboxylic acids is 1. The van der Waals surface area contributed by atoms with Crippen LogP contribution in [-0.2, 0) is 4.79 Å². The number of amides is 1. The van der Waals surface area contributed by atoms with Crippen LogP contribution in [-0.4, -0.2) is 34.5 Å². The van der Waals surface area contributed by atoms with Crippen LogP contribution in [0.25, 0.3) is 0 Å². The van der Waals surface area contributed by atoms with Crippen molar-refractivity contribution in [3.05, 3.63) is 23.2 Å². The summed E-state index contributed by atoms with van der Waals surface area (Å²) >= 11 is 8.76. The molecular formula is C15H19ClN4O2S2. The molecule has 24 heavy (non-hydrogen) atoms. The van der Waals surface area contributed by atoms with Crippen LogP contribution >= 0.6 is 34.7 Å². The third-order valence-electron chi connectivity index (χ3n) is 2.88.